The van der Waals surface area contributed by atoms with E-state index in [-0.39, 0.29) is 23.8 Å². The zero-order valence-corrected chi connectivity index (χ0v) is 20.3. The number of carbonyl (C=O) groups excluding carboxylic acids is 2. The molecule has 0 bridgehead atoms. The molecule has 2 heterocycles. The van der Waals surface area contributed by atoms with Crippen LogP contribution >= 0.6 is 11.6 Å². The maximum absolute atomic E-state index is 12.8. The van der Waals surface area contributed by atoms with Gasteiger partial charge < -0.3 is 15.0 Å². The molecular weight excluding hydrogens is 452 g/mol. The van der Waals surface area contributed by atoms with Gasteiger partial charge in [0.15, 0.2) is 0 Å². The molecule has 34 heavy (non-hydrogen) atoms. The molecule has 0 saturated carbocycles. The summed E-state index contributed by atoms with van der Waals surface area (Å²) in [7, 11) is 0. The van der Waals surface area contributed by atoms with Crippen LogP contribution in [-0.2, 0) is 16.1 Å². The minimum Gasteiger partial charge on any atom is -0.381 e. The Labute approximate surface area is 205 Å². The van der Waals surface area contributed by atoms with Gasteiger partial charge in [0, 0.05) is 55.1 Å². The lowest BCUT2D eigenvalue weighted by Gasteiger charge is -2.41. The van der Waals surface area contributed by atoms with Crippen LogP contribution in [0.5, 0.6) is 0 Å². The maximum Gasteiger partial charge on any atom is 0.255 e. The molecule has 1 N–H and O–H groups in total. The summed E-state index contributed by atoms with van der Waals surface area (Å²) in [5.74, 6) is -0.0942. The Morgan fingerprint density at radius 1 is 1.26 bits per heavy atom. The molecule has 2 fully saturated rings. The molecule has 178 valence electrons. The molecule has 0 aromatic heterocycles. The van der Waals surface area contributed by atoms with Crippen molar-refractivity contribution in [2.75, 3.05) is 38.2 Å². The monoisotopic (exact) mass is 480 g/mol. The van der Waals surface area contributed by atoms with Crippen LogP contribution in [0.3, 0.4) is 0 Å². The predicted molar refractivity (Wildman–Crippen MR) is 131 cm³/mol. The van der Waals surface area contributed by atoms with Gasteiger partial charge in [-0.2, -0.15) is 5.26 Å². The van der Waals surface area contributed by atoms with Crippen LogP contribution in [0.1, 0.15) is 40.4 Å². The van der Waals surface area contributed by atoms with Gasteiger partial charge in [-0.1, -0.05) is 17.7 Å². The van der Waals surface area contributed by atoms with Crippen molar-refractivity contribution in [3.63, 3.8) is 0 Å². The number of benzene rings is 2. The average Bonchev–Trinajstić information content (AvgIpc) is 3.37. The van der Waals surface area contributed by atoms with Crippen molar-refractivity contribution in [2.45, 2.75) is 32.9 Å². The lowest BCUT2D eigenvalue weighted by Crippen LogP contribution is -2.55. The van der Waals surface area contributed by atoms with Crippen molar-refractivity contribution in [3.05, 3.63) is 63.7 Å². The van der Waals surface area contributed by atoms with Gasteiger partial charge in [-0.3, -0.25) is 14.5 Å². The number of nitrogens with zero attached hydrogens (tertiary/aromatic N) is 3. The molecule has 2 aliphatic heterocycles. The van der Waals surface area contributed by atoms with Gasteiger partial charge >= 0.3 is 0 Å². The van der Waals surface area contributed by atoms with Crippen molar-refractivity contribution in [1.29, 1.82) is 5.26 Å². The largest absolute Gasteiger partial charge is 0.381 e. The van der Waals surface area contributed by atoms with E-state index in [0.717, 1.165) is 30.6 Å². The fraction of sp³-hybridized carbons (Fsp3) is 0.423. The molecule has 2 atom stereocenters. The highest BCUT2D eigenvalue weighted by atomic mass is 35.5. The number of piperazine rings is 1. The van der Waals surface area contributed by atoms with E-state index in [1.807, 2.05) is 17.9 Å². The topological polar surface area (TPSA) is 85.7 Å². The van der Waals surface area contributed by atoms with Crippen LogP contribution in [-0.4, -0.2) is 60.5 Å². The Balaban J connectivity index is 1.43. The van der Waals surface area contributed by atoms with Gasteiger partial charge in [0.25, 0.3) is 5.91 Å². The molecule has 2 aromatic rings. The standard InChI is InChI=1S/C26H29ClN4O3/c1-17-14-30(7-8-31(17)26(33)21-6-9-34-16-21)15-22-11-23(27)12-24(18(22)2)29-25(32)20-5-3-4-19(10-20)13-28/h3-5,10-12,17,21H,6-9,14-16H2,1-2H3,(H,29,32)/t17-,21-/m0/s1. The maximum atomic E-state index is 12.8. The van der Waals surface area contributed by atoms with Crippen LogP contribution in [0.25, 0.3) is 0 Å². The fourth-order valence-corrected chi connectivity index (χ4v) is 4.90. The number of amides is 2. The van der Waals surface area contributed by atoms with Crippen LogP contribution < -0.4 is 5.32 Å². The zero-order chi connectivity index (χ0) is 24.2. The third kappa shape index (κ3) is 5.41. The Hall–Kier alpha value is -2.92. The van der Waals surface area contributed by atoms with E-state index >= 15 is 0 Å². The summed E-state index contributed by atoms with van der Waals surface area (Å²) in [6.07, 6.45) is 0.808. The smallest absolute Gasteiger partial charge is 0.255 e. The van der Waals surface area contributed by atoms with Crippen molar-refractivity contribution < 1.29 is 14.3 Å². The van der Waals surface area contributed by atoms with Crippen LogP contribution in [0, 0.1) is 24.2 Å². The summed E-state index contributed by atoms with van der Waals surface area (Å²) in [4.78, 5) is 29.9. The molecular formula is C26H29ClN4O3. The molecule has 4 rings (SSSR count). The third-order valence-corrected chi connectivity index (χ3v) is 6.87. The highest BCUT2D eigenvalue weighted by molar-refractivity contribution is 6.31. The highest BCUT2D eigenvalue weighted by Crippen LogP contribution is 2.28. The number of anilines is 1. The number of nitriles is 1. The number of hydrogen-bond donors (Lipinski definition) is 1. The summed E-state index contributed by atoms with van der Waals surface area (Å²) in [5.41, 5.74) is 3.48. The van der Waals surface area contributed by atoms with Crippen LogP contribution in [0.4, 0.5) is 5.69 Å². The minimum atomic E-state index is -0.287. The second-order valence-corrected chi connectivity index (χ2v) is 9.50. The van der Waals surface area contributed by atoms with Gasteiger partial charge in [-0.15, -0.1) is 0 Å². The molecule has 0 aliphatic carbocycles. The average molecular weight is 481 g/mol. The summed E-state index contributed by atoms with van der Waals surface area (Å²) < 4.78 is 5.39. The summed E-state index contributed by atoms with van der Waals surface area (Å²) in [6, 6.07) is 12.4. The molecule has 0 spiro atoms. The second-order valence-electron chi connectivity index (χ2n) is 9.06. The number of carbonyl (C=O) groups is 2. The first-order valence-electron chi connectivity index (χ1n) is 11.6. The van der Waals surface area contributed by atoms with E-state index in [0.29, 0.717) is 48.1 Å². The Morgan fingerprint density at radius 3 is 2.79 bits per heavy atom. The van der Waals surface area contributed by atoms with Gasteiger partial charge in [-0.25, -0.2) is 0 Å². The van der Waals surface area contributed by atoms with E-state index in [1.54, 1.807) is 30.3 Å². The van der Waals surface area contributed by atoms with Crippen molar-refractivity contribution in [2.24, 2.45) is 5.92 Å². The Bertz CT molecular complexity index is 1120. The van der Waals surface area contributed by atoms with E-state index < -0.39 is 0 Å². The molecule has 0 radical (unpaired) electrons. The number of hydrogen-bond acceptors (Lipinski definition) is 5. The summed E-state index contributed by atoms with van der Waals surface area (Å²) in [6.45, 7) is 8.17. The highest BCUT2D eigenvalue weighted by Gasteiger charge is 2.33. The van der Waals surface area contributed by atoms with Gasteiger partial charge in [0.05, 0.1) is 24.2 Å². The molecule has 7 nitrogen and oxygen atoms in total. The van der Waals surface area contributed by atoms with E-state index in [2.05, 4.69) is 23.2 Å². The number of nitrogens with one attached hydrogen (secondary N) is 1. The van der Waals surface area contributed by atoms with Gasteiger partial charge in [-0.05, 0) is 61.7 Å². The lowest BCUT2D eigenvalue weighted by atomic mass is 10.0. The first kappa shape index (κ1) is 24.2. The number of rotatable bonds is 5. The van der Waals surface area contributed by atoms with Gasteiger partial charge in [0.2, 0.25) is 5.91 Å². The lowest BCUT2D eigenvalue weighted by molar-refractivity contribution is -0.140. The fourth-order valence-electron chi connectivity index (χ4n) is 4.66. The van der Waals surface area contributed by atoms with E-state index in [1.165, 1.54) is 0 Å². The van der Waals surface area contributed by atoms with Crippen molar-refractivity contribution in [1.82, 2.24) is 9.80 Å². The molecule has 8 heteroatoms. The molecule has 0 unspecified atom stereocenters. The van der Waals surface area contributed by atoms with E-state index in [4.69, 9.17) is 21.6 Å². The molecule has 2 amide bonds. The van der Waals surface area contributed by atoms with E-state index in [9.17, 15) is 9.59 Å². The van der Waals surface area contributed by atoms with Crippen LogP contribution in [0.15, 0.2) is 36.4 Å². The molecule has 2 aliphatic rings. The molecule has 2 saturated heterocycles. The van der Waals surface area contributed by atoms with Crippen molar-refractivity contribution in [3.8, 4) is 6.07 Å². The number of ether oxygens (including phenoxy) is 1. The first-order chi connectivity index (χ1) is 16.4. The predicted octanol–water partition coefficient (Wildman–Crippen LogP) is 3.84. The number of halogens is 1. The Kier molecular flexibility index (Phi) is 7.52. The summed E-state index contributed by atoms with van der Waals surface area (Å²) in [5, 5.41) is 12.6. The molecule has 2 aromatic carbocycles. The quantitative estimate of drug-likeness (QED) is 0.702. The summed E-state index contributed by atoms with van der Waals surface area (Å²) >= 11 is 6.41. The van der Waals surface area contributed by atoms with Crippen molar-refractivity contribution >= 4 is 29.1 Å². The Morgan fingerprint density at radius 2 is 2.09 bits per heavy atom. The van der Waals surface area contributed by atoms with Crippen LogP contribution in [0.2, 0.25) is 5.02 Å². The minimum absolute atomic E-state index is 0.0100. The first-order valence-corrected chi connectivity index (χ1v) is 11.9. The normalized spacial score (nSPS) is 20.7. The second kappa shape index (κ2) is 10.6. The SMILES string of the molecule is Cc1c(CN2CCN(C(=O)[C@H]3CCOC3)[C@@H](C)C2)cc(Cl)cc1NC(=O)c1cccc(C#N)c1. The third-order valence-electron chi connectivity index (χ3n) is 6.65. The zero-order valence-electron chi connectivity index (χ0n) is 19.5. The van der Waals surface area contributed by atoms with Gasteiger partial charge in [0.1, 0.15) is 0 Å².